The Hall–Kier alpha value is -2.36. The lowest BCUT2D eigenvalue weighted by atomic mass is 10.1. The van der Waals surface area contributed by atoms with Crippen LogP contribution in [0.3, 0.4) is 0 Å². The summed E-state index contributed by atoms with van der Waals surface area (Å²) >= 11 is 0. The zero-order chi connectivity index (χ0) is 21.0. The van der Waals surface area contributed by atoms with Gasteiger partial charge < -0.3 is 10.1 Å². The Kier molecular flexibility index (Phi) is 6.61. The molecule has 0 spiro atoms. The Labute approximate surface area is 168 Å². The maximum absolute atomic E-state index is 13.7. The number of hydrogen-bond acceptors (Lipinski definition) is 4. The molecule has 3 rings (SSSR count). The minimum absolute atomic E-state index is 0.0100. The van der Waals surface area contributed by atoms with Gasteiger partial charge in [-0.3, -0.25) is 4.79 Å². The van der Waals surface area contributed by atoms with Crippen molar-refractivity contribution in [1.29, 1.82) is 0 Å². The molecule has 1 heterocycles. The molecular formula is C20H22F2N2O4S. The van der Waals surface area contributed by atoms with Gasteiger partial charge >= 0.3 is 0 Å². The van der Waals surface area contributed by atoms with Crippen LogP contribution in [0.1, 0.15) is 21.5 Å². The largest absolute Gasteiger partial charge is 0.379 e. The smallest absolute Gasteiger partial charge is 0.251 e. The number of sulfonamides is 1. The summed E-state index contributed by atoms with van der Waals surface area (Å²) in [4.78, 5) is 12.5. The van der Waals surface area contributed by atoms with E-state index >= 15 is 0 Å². The average Bonchev–Trinajstić information content (AvgIpc) is 2.71. The normalized spacial score (nSPS) is 15.3. The minimum atomic E-state index is -3.75. The first-order valence-corrected chi connectivity index (χ1v) is 10.6. The molecule has 1 aliphatic rings. The summed E-state index contributed by atoms with van der Waals surface area (Å²) in [5.74, 6) is -1.86. The van der Waals surface area contributed by atoms with E-state index in [1.807, 2.05) is 0 Å². The van der Waals surface area contributed by atoms with E-state index in [4.69, 9.17) is 4.74 Å². The number of halogens is 2. The van der Waals surface area contributed by atoms with E-state index in [0.717, 1.165) is 12.1 Å². The molecule has 1 fully saturated rings. The average molecular weight is 424 g/mol. The van der Waals surface area contributed by atoms with Crippen molar-refractivity contribution in [2.45, 2.75) is 18.2 Å². The summed E-state index contributed by atoms with van der Waals surface area (Å²) in [6, 6.07) is 8.01. The number of hydrogen-bond donors (Lipinski definition) is 1. The van der Waals surface area contributed by atoms with Crippen LogP contribution in [0.25, 0.3) is 0 Å². The molecule has 0 radical (unpaired) electrons. The second kappa shape index (κ2) is 8.98. The summed E-state index contributed by atoms with van der Waals surface area (Å²) in [6.07, 6.45) is -0.0188. The van der Waals surface area contributed by atoms with Gasteiger partial charge in [0, 0.05) is 30.8 Å². The lowest BCUT2D eigenvalue weighted by Crippen LogP contribution is -2.41. The first-order chi connectivity index (χ1) is 13.8. The molecule has 1 amide bonds. The second-order valence-electron chi connectivity index (χ2n) is 6.70. The number of benzene rings is 2. The highest BCUT2D eigenvalue weighted by molar-refractivity contribution is 7.89. The lowest BCUT2D eigenvalue weighted by molar-refractivity contribution is 0.0730. The van der Waals surface area contributed by atoms with E-state index in [-0.39, 0.29) is 42.1 Å². The predicted molar refractivity (Wildman–Crippen MR) is 103 cm³/mol. The van der Waals surface area contributed by atoms with Crippen molar-refractivity contribution < 1.29 is 26.7 Å². The Balaban J connectivity index is 1.72. The number of nitrogens with zero attached hydrogens (tertiary/aromatic N) is 1. The van der Waals surface area contributed by atoms with Gasteiger partial charge in [0.2, 0.25) is 10.0 Å². The van der Waals surface area contributed by atoms with Crippen molar-refractivity contribution in [3.05, 3.63) is 64.7 Å². The van der Waals surface area contributed by atoms with Crippen molar-refractivity contribution in [2.24, 2.45) is 0 Å². The Morgan fingerprint density at radius 3 is 2.45 bits per heavy atom. The molecule has 2 aromatic carbocycles. The van der Waals surface area contributed by atoms with Gasteiger partial charge in [0.25, 0.3) is 5.91 Å². The molecule has 1 aliphatic heterocycles. The highest BCUT2D eigenvalue weighted by Crippen LogP contribution is 2.22. The van der Waals surface area contributed by atoms with Gasteiger partial charge in [-0.1, -0.05) is 12.1 Å². The van der Waals surface area contributed by atoms with E-state index < -0.39 is 27.6 Å². The third kappa shape index (κ3) is 4.80. The van der Waals surface area contributed by atoms with Crippen LogP contribution in [0, 0.1) is 18.6 Å². The monoisotopic (exact) mass is 424 g/mol. The predicted octanol–water partition coefficient (Wildman–Crippen LogP) is 2.27. The Bertz CT molecular complexity index is 985. The summed E-state index contributed by atoms with van der Waals surface area (Å²) in [5, 5.41) is 2.58. The number of amides is 1. The van der Waals surface area contributed by atoms with Gasteiger partial charge in [0.1, 0.15) is 11.6 Å². The van der Waals surface area contributed by atoms with Gasteiger partial charge in [-0.2, -0.15) is 4.31 Å². The molecule has 1 N–H and O–H groups in total. The zero-order valence-electron chi connectivity index (χ0n) is 16.0. The maximum Gasteiger partial charge on any atom is 0.251 e. The standard InChI is InChI=1S/C20H22F2N2O4S/c1-14-5-6-15(13-19(14)29(26,27)24-9-11-28-12-10-24)20(25)23-8-7-16-17(21)3-2-4-18(16)22/h2-6,13H,7-12H2,1H3,(H,23,25). The first kappa shape index (κ1) is 21.4. The van der Waals surface area contributed by atoms with Crippen LogP contribution < -0.4 is 5.32 Å². The maximum atomic E-state index is 13.7. The first-order valence-electron chi connectivity index (χ1n) is 9.20. The van der Waals surface area contributed by atoms with Crippen molar-refractivity contribution in [2.75, 3.05) is 32.8 Å². The van der Waals surface area contributed by atoms with Crippen LogP contribution in [0.2, 0.25) is 0 Å². The van der Waals surface area contributed by atoms with Crippen molar-refractivity contribution in [3.8, 4) is 0 Å². The van der Waals surface area contributed by atoms with Gasteiger partial charge in [-0.25, -0.2) is 17.2 Å². The molecule has 0 bridgehead atoms. The molecular weight excluding hydrogens is 402 g/mol. The molecule has 0 unspecified atom stereocenters. The van der Waals surface area contributed by atoms with Crippen LogP contribution in [0.4, 0.5) is 8.78 Å². The second-order valence-corrected chi connectivity index (χ2v) is 8.61. The molecule has 9 heteroatoms. The fourth-order valence-corrected chi connectivity index (χ4v) is 4.78. The van der Waals surface area contributed by atoms with Gasteiger partial charge in [-0.05, 0) is 43.2 Å². The number of rotatable bonds is 6. The quantitative estimate of drug-likeness (QED) is 0.772. The van der Waals surface area contributed by atoms with Crippen LogP contribution in [-0.2, 0) is 21.2 Å². The highest BCUT2D eigenvalue weighted by atomic mass is 32.2. The van der Waals surface area contributed by atoms with Crippen molar-refractivity contribution >= 4 is 15.9 Å². The lowest BCUT2D eigenvalue weighted by Gasteiger charge is -2.26. The van der Waals surface area contributed by atoms with Gasteiger partial charge in [0.15, 0.2) is 0 Å². The Morgan fingerprint density at radius 1 is 1.14 bits per heavy atom. The van der Waals surface area contributed by atoms with Gasteiger partial charge in [-0.15, -0.1) is 0 Å². The van der Waals surface area contributed by atoms with Gasteiger partial charge in [0.05, 0.1) is 18.1 Å². The summed E-state index contributed by atoms with van der Waals surface area (Å²) in [6.45, 7) is 2.83. The fraction of sp³-hybridized carbons (Fsp3) is 0.350. The third-order valence-corrected chi connectivity index (χ3v) is 6.80. The summed E-state index contributed by atoms with van der Waals surface area (Å²) < 4.78 is 59.7. The molecule has 0 aliphatic carbocycles. The van der Waals surface area contributed by atoms with E-state index in [2.05, 4.69) is 5.32 Å². The number of morpholine rings is 1. The molecule has 29 heavy (non-hydrogen) atoms. The van der Waals surface area contributed by atoms with Crippen molar-refractivity contribution in [3.63, 3.8) is 0 Å². The van der Waals surface area contributed by atoms with E-state index in [1.54, 1.807) is 13.0 Å². The number of ether oxygens (including phenoxy) is 1. The van der Waals surface area contributed by atoms with Crippen molar-refractivity contribution in [1.82, 2.24) is 9.62 Å². The molecule has 0 saturated carbocycles. The van der Waals surface area contributed by atoms with Crippen LogP contribution in [0.5, 0.6) is 0 Å². The Morgan fingerprint density at radius 2 is 1.79 bits per heavy atom. The third-order valence-electron chi connectivity index (χ3n) is 4.76. The molecule has 2 aromatic rings. The molecule has 0 atom stereocenters. The highest BCUT2D eigenvalue weighted by Gasteiger charge is 2.28. The zero-order valence-corrected chi connectivity index (χ0v) is 16.8. The van der Waals surface area contributed by atoms with Crippen LogP contribution in [-0.4, -0.2) is 51.5 Å². The topological polar surface area (TPSA) is 75.7 Å². The van der Waals surface area contributed by atoms with Crippen LogP contribution in [0.15, 0.2) is 41.3 Å². The van der Waals surface area contributed by atoms with Crippen LogP contribution >= 0.6 is 0 Å². The van der Waals surface area contributed by atoms with E-state index in [0.29, 0.717) is 18.8 Å². The molecule has 156 valence electrons. The summed E-state index contributed by atoms with van der Waals surface area (Å²) in [7, 11) is -3.75. The van der Waals surface area contributed by atoms with E-state index in [1.165, 1.54) is 22.5 Å². The molecule has 1 saturated heterocycles. The SMILES string of the molecule is Cc1ccc(C(=O)NCCc2c(F)cccc2F)cc1S(=O)(=O)N1CCOCC1. The fourth-order valence-electron chi connectivity index (χ4n) is 3.12. The number of carbonyl (C=O) groups is 1. The number of carbonyl (C=O) groups excluding carboxylic acids is 1. The number of nitrogens with one attached hydrogen (secondary N) is 1. The minimum Gasteiger partial charge on any atom is -0.379 e. The molecule has 0 aromatic heterocycles. The molecule has 6 nitrogen and oxygen atoms in total. The summed E-state index contributed by atoms with van der Waals surface area (Å²) in [5.41, 5.74) is 0.588. The number of aryl methyl sites for hydroxylation is 1. The van der Waals surface area contributed by atoms with E-state index in [9.17, 15) is 22.0 Å².